The molecule has 1 heterocycles. The molecule has 1 aliphatic rings. The smallest absolute Gasteiger partial charge is 0.190 e. The van der Waals surface area contributed by atoms with Crippen molar-refractivity contribution in [2.75, 3.05) is 12.3 Å². The van der Waals surface area contributed by atoms with Crippen LogP contribution in [0.3, 0.4) is 0 Å². The average molecular weight is 337 g/mol. The summed E-state index contributed by atoms with van der Waals surface area (Å²) < 4.78 is 24.5. The van der Waals surface area contributed by atoms with E-state index < -0.39 is 15.9 Å². The summed E-state index contributed by atoms with van der Waals surface area (Å²) in [6.45, 7) is 0.295. The number of fused-ring (bicyclic) bond motifs is 1. The second kappa shape index (κ2) is 6.50. The minimum atomic E-state index is -3.39. The minimum absolute atomic E-state index is 0.236. The maximum absolute atomic E-state index is 12.1. The Kier molecular flexibility index (Phi) is 4.63. The predicted octanol–water partition coefficient (Wildman–Crippen LogP) is 1.64. The first-order chi connectivity index (χ1) is 10.5. The van der Waals surface area contributed by atoms with Crippen LogP contribution in [0.1, 0.15) is 11.1 Å². The maximum atomic E-state index is 12.1. The second-order valence-corrected chi connectivity index (χ2v) is 8.86. The number of nitrogens with one attached hydrogen (secondary N) is 1. The lowest BCUT2D eigenvalue weighted by Crippen LogP contribution is -2.38. The van der Waals surface area contributed by atoms with E-state index in [-0.39, 0.29) is 11.8 Å². The van der Waals surface area contributed by atoms with E-state index in [0.29, 0.717) is 10.8 Å². The third-order valence-electron chi connectivity index (χ3n) is 3.91. The Hall–Kier alpha value is -1.21. The molecule has 0 saturated carbocycles. The summed E-state index contributed by atoms with van der Waals surface area (Å²) in [6.07, 6.45) is 0.969. The summed E-state index contributed by atoms with van der Waals surface area (Å²) >= 11 is 1.19. The monoisotopic (exact) mass is 337 g/mol. The zero-order valence-electron chi connectivity index (χ0n) is 12.1. The molecule has 0 aliphatic heterocycles. The normalized spacial score (nSPS) is 16.6. The van der Waals surface area contributed by atoms with Crippen LogP contribution >= 0.6 is 11.3 Å². The standard InChI is InChI=1S/C16H19NO3S2/c18-15(11-22(19,20)16-6-3-7-21-16)10-17-14-8-12-4-1-2-5-13(12)9-14/h1-7,14-15,17-18H,8-11H2. The largest absolute Gasteiger partial charge is 0.391 e. The van der Waals surface area contributed by atoms with Crippen LogP contribution in [0.4, 0.5) is 0 Å². The molecule has 6 heteroatoms. The van der Waals surface area contributed by atoms with Gasteiger partial charge < -0.3 is 10.4 Å². The van der Waals surface area contributed by atoms with E-state index >= 15 is 0 Å². The fraction of sp³-hybridized carbons (Fsp3) is 0.375. The summed E-state index contributed by atoms with van der Waals surface area (Å²) in [5.41, 5.74) is 2.67. The molecule has 0 saturated heterocycles. The van der Waals surface area contributed by atoms with Crippen molar-refractivity contribution in [2.45, 2.75) is 29.2 Å². The number of thiophene rings is 1. The van der Waals surface area contributed by atoms with Gasteiger partial charge in [-0.2, -0.15) is 0 Å². The number of aliphatic hydroxyl groups is 1. The van der Waals surface area contributed by atoms with Gasteiger partial charge >= 0.3 is 0 Å². The fourth-order valence-corrected chi connectivity index (χ4v) is 5.32. The van der Waals surface area contributed by atoms with Crippen LogP contribution in [-0.2, 0) is 22.7 Å². The highest BCUT2D eigenvalue weighted by atomic mass is 32.2. The SMILES string of the molecule is O=S(=O)(CC(O)CNC1Cc2ccccc2C1)c1cccs1. The van der Waals surface area contributed by atoms with Gasteiger partial charge in [0.15, 0.2) is 9.84 Å². The van der Waals surface area contributed by atoms with Crippen molar-refractivity contribution in [3.63, 3.8) is 0 Å². The van der Waals surface area contributed by atoms with Crippen molar-refractivity contribution in [3.05, 3.63) is 52.9 Å². The number of rotatable bonds is 6. The summed E-state index contributed by atoms with van der Waals surface area (Å²) in [5.74, 6) is -0.236. The quantitative estimate of drug-likeness (QED) is 0.841. The molecule has 1 unspecified atom stereocenters. The highest BCUT2D eigenvalue weighted by molar-refractivity contribution is 7.93. The molecule has 1 atom stereocenters. The molecule has 0 radical (unpaired) electrons. The van der Waals surface area contributed by atoms with Gasteiger partial charge in [-0.3, -0.25) is 0 Å². The van der Waals surface area contributed by atoms with Crippen LogP contribution in [0.5, 0.6) is 0 Å². The van der Waals surface area contributed by atoms with Gasteiger partial charge in [0.05, 0.1) is 11.9 Å². The number of hydrogen-bond donors (Lipinski definition) is 2. The number of hydrogen-bond acceptors (Lipinski definition) is 5. The molecule has 2 N–H and O–H groups in total. The lowest BCUT2D eigenvalue weighted by Gasteiger charge is -2.16. The van der Waals surface area contributed by atoms with Crippen molar-refractivity contribution in [3.8, 4) is 0 Å². The molecule has 0 amide bonds. The van der Waals surface area contributed by atoms with Crippen molar-refractivity contribution in [2.24, 2.45) is 0 Å². The molecule has 1 aromatic heterocycles. The number of aliphatic hydroxyl groups excluding tert-OH is 1. The highest BCUT2D eigenvalue weighted by Crippen LogP contribution is 2.22. The van der Waals surface area contributed by atoms with E-state index in [0.717, 1.165) is 12.8 Å². The zero-order chi connectivity index (χ0) is 15.6. The van der Waals surface area contributed by atoms with Gasteiger partial charge in [0.25, 0.3) is 0 Å². The lowest BCUT2D eigenvalue weighted by atomic mass is 10.1. The van der Waals surface area contributed by atoms with Crippen LogP contribution in [0, 0.1) is 0 Å². The van der Waals surface area contributed by atoms with Gasteiger partial charge in [-0.25, -0.2) is 8.42 Å². The first-order valence-electron chi connectivity index (χ1n) is 7.29. The summed E-state index contributed by atoms with van der Waals surface area (Å²) in [4.78, 5) is 0. The maximum Gasteiger partial charge on any atom is 0.190 e. The van der Waals surface area contributed by atoms with Gasteiger partial charge in [0.2, 0.25) is 0 Å². The van der Waals surface area contributed by atoms with Gasteiger partial charge in [0.1, 0.15) is 4.21 Å². The van der Waals surface area contributed by atoms with E-state index in [4.69, 9.17) is 0 Å². The van der Waals surface area contributed by atoms with Crippen LogP contribution < -0.4 is 5.32 Å². The topological polar surface area (TPSA) is 66.4 Å². The molecule has 118 valence electrons. The summed E-state index contributed by atoms with van der Waals surface area (Å²) in [5, 5.41) is 15.0. The van der Waals surface area contributed by atoms with Crippen molar-refractivity contribution in [1.29, 1.82) is 0 Å². The molecule has 2 aromatic rings. The Labute approximate surface area is 134 Å². The third-order valence-corrected chi connectivity index (χ3v) is 7.19. The predicted molar refractivity (Wildman–Crippen MR) is 88.0 cm³/mol. The van der Waals surface area contributed by atoms with Crippen molar-refractivity contribution < 1.29 is 13.5 Å². The van der Waals surface area contributed by atoms with E-state index in [9.17, 15) is 13.5 Å². The summed E-state index contributed by atoms with van der Waals surface area (Å²) in [6, 6.07) is 11.9. The highest BCUT2D eigenvalue weighted by Gasteiger charge is 2.24. The molecule has 0 fully saturated rings. The van der Waals surface area contributed by atoms with E-state index in [1.54, 1.807) is 17.5 Å². The second-order valence-electron chi connectivity index (χ2n) is 5.65. The van der Waals surface area contributed by atoms with Gasteiger partial charge in [-0.15, -0.1) is 11.3 Å². The van der Waals surface area contributed by atoms with Crippen LogP contribution in [0.25, 0.3) is 0 Å². The Bertz CT molecular complexity index is 701. The minimum Gasteiger partial charge on any atom is -0.391 e. The van der Waals surface area contributed by atoms with Gasteiger partial charge in [-0.05, 0) is 35.4 Å². The van der Waals surface area contributed by atoms with Crippen LogP contribution in [-0.4, -0.2) is 38.0 Å². The Balaban J connectivity index is 1.51. The number of benzene rings is 1. The molecule has 0 bridgehead atoms. The van der Waals surface area contributed by atoms with Crippen LogP contribution in [0.2, 0.25) is 0 Å². The summed E-state index contributed by atoms with van der Waals surface area (Å²) in [7, 11) is -3.39. The van der Waals surface area contributed by atoms with E-state index in [1.807, 2.05) is 12.1 Å². The van der Waals surface area contributed by atoms with Crippen molar-refractivity contribution >= 4 is 21.2 Å². The molecule has 4 nitrogen and oxygen atoms in total. The molecule has 0 spiro atoms. The zero-order valence-corrected chi connectivity index (χ0v) is 13.7. The first kappa shape index (κ1) is 15.7. The molecular formula is C16H19NO3S2. The molecule has 1 aliphatic carbocycles. The van der Waals surface area contributed by atoms with Crippen molar-refractivity contribution in [1.82, 2.24) is 5.32 Å². The molecular weight excluding hydrogens is 318 g/mol. The molecule has 22 heavy (non-hydrogen) atoms. The average Bonchev–Trinajstić information content (AvgIpc) is 3.14. The first-order valence-corrected chi connectivity index (χ1v) is 9.82. The Morgan fingerprint density at radius 3 is 2.45 bits per heavy atom. The van der Waals surface area contributed by atoms with Gasteiger partial charge in [-0.1, -0.05) is 30.3 Å². The third kappa shape index (κ3) is 3.57. The number of sulfone groups is 1. The molecule has 1 aromatic carbocycles. The Morgan fingerprint density at radius 2 is 1.86 bits per heavy atom. The van der Waals surface area contributed by atoms with E-state index in [2.05, 4.69) is 17.4 Å². The lowest BCUT2D eigenvalue weighted by molar-refractivity contribution is 0.189. The van der Waals surface area contributed by atoms with Gasteiger partial charge in [0, 0.05) is 12.6 Å². The fourth-order valence-electron chi connectivity index (χ4n) is 2.84. The van der Waals surface area contributed by atoms with Crippen LogP contribution in [0.15, 0.2) is 46.0 Å². The van der Waals surface area contributed by atoms with E-state index in [1.165, 1.54) is 22.5 Å². The Morgan fingerprint density at radius 1 is 1.18 bits per heavy atom. The molecule has 3 rings (SSSR count).